The van der Waals surface area contributed by atoms with Crippen LogP contribution in [0, 0.1) is 0 Å². The molecule has 0 spiro atoms. The smallest absolute Gasteiger partial charge is 0.295 e. The Hall–Kier alpha value is -3.94. The van der Waals surface area contributed by atoms with E-state index in [9.17, 15) is 9.59 Å². The van der Waals surface area contributed by atoms with Crippen LogP contribution in [0.1, 0.15) is 47.8 Å². The molecular formula is C27H30N2O6. The van der Waals surface area contributed by atoms with Gasteiger partial charge >= 0.3 is 0 Å². The fraction of sp³-hybridized carbons (Fsp3) is 0.333. The van der Waals surface area contributed by atoms with E-state index in [4.69, 9.17) is 18.6 Å². The number of nitrogens with zero attached hydrogens (tertiary/aromatic N) is 1. The minimum Gasteiger partial charge on any atom is -0.497 e. The second-order valence-corrected chi connectivity index (χ2v) is 8.36. The molecule has 0 radical (unpaired) electrons. The highest BCUT2D eigenvalue weighted by molar-refractivity contribution is 6.09. The van der Waals surface area contributed by atoms with Gasteiger partial charge < -0.3 is 23.9 Å². The number of anilines is 1. The number of hydrogen-bond donors (Lipinski definition) is 1. The average molecular weight is 479 g/mol. The van der Waals surface area contributed by atoms with E-state index < -0.39 is 11.9 Å². The van der Waals surface area contributed by atoms with Crippen molar-refractivity contribution in [3.05, 3.63) is 72.2 Å². The van der Waals surface area contributed by atoms with Gasteiger partial charge in [0.15, 0.2) is 5.76 Å². The highest BCUT2D eigenvalue weighted by atomic mass is 16.5. The van der Waals surface area contributed by atoms with Crippen molar-refractivity contribution in [2.24, 2.45) is 0 Å². The van der Waals surface area contributed by atoms with Crippen LogP contribution in [0.2, 0.25) is 0 Å². The minimum absolute atomic E-state index is 0.0638. The van der Waals surface area contributed by atoms with E-state index >= 15 is 0 Å². The summed E-state index contributed by atoms with van der Waals surface area (Å²) in [5.74, 6) is 0.851. The molecule has 2 amide bonds. The molecule has 3 aromatic rings. The number of ether oxygens (including phenoxy) is 3. The maximum Gasteiger partial charge on any atom is 0.295 e. The second kappa shape index (κ2) is 11.0. The van der Waals surface area contributed by atoms with Crippen LogP contribution in [0.3, 0.4) is 0 Å². The highest BCUT2D eigenvalue weighted by Gasteiger charge is 2.37. The number of carbonyl (C=O) groups is 2. The van der Waals surface area contributed by atoms with Gasteiger partial charge in [-0.05, 0) is 54.8 Å². The van der Waals surface area contributed by atoms with Gasteiger partial charge in [0, 0.05) is 12.1 Å². The summed E-state index contributed by atoms with van der Waals surface area (Å²) in [4.78, 5) is 29.2. The number of rotatable bonds is 9. The lowest BCUT2D eigenvalue weighted by Crippen LogP contribution is -2.46. The number of nitrogens with one attached hydrogen (secondary N) is 1. The fourth-order valence-electron chi connectivity index (χ4n) is 4.45. The summed E-state index contributed by atoms with van der Waals surface area (Å²) in [6.07, 6.45) is 5.38. The number of benzene rings is 2. The van der Waals surface area contributed by atoms with Crippen LogP contribution in [0.5, 0.6) is 17.2 Å². The molecule has 1 aromatic heterocycles. The first-order chi connectivity index (χ1) is 17.0. The summed E-state index contributed by atoms with van der Waals surface area (Å²) >= 11 is 0. The molecule has 1 saturated carbocycles. The molecule has 1 fully saturated rings. The standard InChI is InChI=1S/C27H30N2O6/c1-32-20-11-6-8-18(16-20)25(26(30)28-19-9-4-5-10-19)29(27(31)23-12-7-15-35-23)22-14-13-21(33-2)17-24(22)34-3/h6-8,11-17,19,25H,4-5,9-10H2,1-3H3,(H,28,30). The summed E-state index contributed by atoms with van der Waals surface area (Å²) < 4.78 is 21.8. The van der Waals surface area contributed by atoms with Crippen LogP contribution in [0.25, 0.3) is 0 Å². The number of amides is 2. The van der Waals surface area contributed by atoms with Gasteiger partial charge in [0.2, 0.25) is 5.91 Å². The molecule has 2 aromatic carbocycles. The first-order valence-corrected chi connectivity index (χ1v) is 11.6. The topological polar surface area (TPSA) is 90.2 Å². The molecule has 1 heterocycles. The van der Waals surface area contributed by atoms with Gasteiger partial charge in [0.1, 0.15) is 23.3 Å². The number of carbonyl (C=O) groups excluding carboxylic acids is 2. The monoisotopic (exact) mass is 478 g/mol. The molecule has 4 rings (SSSR count). The Morgan fingerprint density at radius 3 is 2.34 bits per heavy atom. The summed E-state index contributed by atoms with van der Waals surface area (Å²) in [6.45, 7) is 0. The zero-order valence-electron chi connectivity index (χ0n) is 20.2. The van der Waals surface area contributed by atoms with Crippen LogP contribution < -0.4 is 24.4 Å². The van der Waals surface area contributed by atoms with Crippen molar-refractivity contribution in [2.75, 3.05) is 26.2 Å². The predicted octanol–water partition coefficient (Wildman–Crippen LogP) is 4.75. The van der Waals surface area contributed by atoms with E-state index in [2.05, 4.69) is 5.32 Å². The number of methoxy groups -OCH3 is 3. The van der Waals surface area contributed by atoms with Crippen molar-refractivity contribution in [1.29, 1.82) is 0 Å². The second-order valence-electron chi connectivity index (χ2n) is 8.36. The van der Waals surface area contributed by atoms with Gasteiger partial charge in [-0.15, -0.1) is 0 Å². The largest absolute Gasteiger partial charge is 0.497 e. The molecule has 1 aliphatic rings. The maximum absolute atomic E-state index is 13.9. The predicted molar refractivity (Wildman–Crippen MR) is 131 cm³/mol. The minimum atomic E-state index is -1.01. The summed E-state index contributed by atoms with van der Waals surface area (Å²) in [7, 11) is 4.62. The van der Waals surface area contributed by atoms with Gasteiger partial charge in [-0.25, -0.2) is 0 Å². The molecule has 8 nitrogen and oxygen atoms in total. The van der Waals surface area contributed by atoms with Crippen LogP contribution in [0.15, 0.2) is 65.3 Å². The molecule has 8 heteroatoms. The Balaban J connectivity index is 1.88. The summed E-state index contributed by atoms with van der Waals surface area (Å²) in [5, 5.41) is 3.16. The Morgan fingerprint density at radius 2 is 1.69 bits per heavy atom. The van der Waals surface area contributed by atoms with Crippen LogP contribution in [-0.4, -0.2) is 39.2 Å². The summed E-state index contributed by atoms with van der Waals surface area (Å²) in [6, 6.07) is 14.5. The zero-order chi connectivity index (χ0) is 24.8. The van der Waals surface area contributed by atoms with E-state index in [0.29, 0.717) is 28.5 Å². The molecule has 0 bridgehead atoms. The Bertz CT molecular complexity index is 1150. The molecule has 35 heavy (non-hydrogen) atoms. The SMILES string of the molecule is COc1cccc(C(C(=O)NC2CCCC2)N(C(=O)c2ccco2)c2ccc(OC)cc2OC)c1. The van der Waals surface area contributed by atoms with Crippen molar-refractivity contribution in [3.63, 3.8) is 0 Å². The van der Waals surface area contributed by atoms with Gasteiger partial charge in [-0.2, -0.15) is 0 Å². The lowest BCUT2D eigenvalue weighted by atomic mass is 10.0. The first-order valence-electron chi connectivity index (χ1n) is 11.6. The van der Waals surface area contributed by atoms with Crippen molar-refractivity contribution < 1.29 is 28.2 Å². The normalized spacial score (nSPS) is 14.3. The zero-order valence-corrected chi connectivity index (χ0v) is 20.2. The van der Waals surface area contributed by atoms with Crippen molar-refractivity contribution in [1.82, 2.24) is 5.32 Å². The number of hydrogen-bond acceptors (Lipinski definition) is 6. The van der Waals surface area contributed by atoms with Crippen molar-refractivity contribution in [2.45, 2.75) is 37.8 Å². The van der Waals surface area contributed by atoms with Crippen molar-refractivity contribution in [3.8, 4) is 17.2 Å². The van der Waals surface area contributed by atoms with E-state index in [1.54, 1.807) is 68.8 Å². The quantitative estimate of drug-likeness (QED) is 0.477. The van der Waals surface area contributed by atoms with Crippen molar-refractivity contribution >= 4 is 17.5 Å². The molecule has 1 aliphatic carbocycles. The molecule has 0 saturated heterocycles. The molecular weight excluding hydrogens is 448 g/mol. The third-order valence-electron chi connectivity index (χ3n) is 6.21. The Morgan fingerprint density at radius 1 is 0.943 bits per heavy atom. The molecule has 1 atom stereocenters. The van der Waals surface area contributed by atoms with Crippen LogP contribution >= 0.6 is 0 Å². The van der Waals surface area contributed by atoms with Gasteiger partial charge in [-0.3, -0.25) is 14.5 Å². The molecule has 1 unspecified atom stereocenters. The first kappa shape index (κ1) is 24.2. The van der Waals surface area contributed by atoms with E-state index in [1.165, 1.54) is 18.3 Å². The highest BCUT2D eigenvalue weighted by Crippen LogP contribution is 2.39. The molecule has 0 aliphatic heterocycles. The van der Waals surface area contributed by atoms with E-state index in [1.807, 2.05) is 0 Å². The van der Waals surface area contributed by atoms with E-state index in [-0.39, 0.29) is 17.7 Å². The lowest BCUT2D eigenvalue weighted by Gasteiger charge is -2.32. The molecule has 1 N–H and O–H groups in total. The third kappa shape index (κ3) is 5.26. The number of furan rings is 1. The van der Waals surface area contributed by atoms with E-state index in [0.717, 1.165) is 25.7 Å². The average Bonchev–Trinajstić information content (AvgIpc) is 3.61. The fourth-order valence-corrected chi connectivity index (χ4v) is 4.45. The Labute approximate surface area is 204 Å². The van der Waals surface area contributed by atoms with Crippen LogP contribution in [-0.2, 0) is 4.79 Å². The molecule has 184 valence electrons. The maximum atomic E-state index is 13.9. The Kier molecular flexibility index (Phi) is 7.60. The lowest BCUT2D eigenvalue weighted by molar-refractivity contribution is -0.123. The third-order valence-corrected chi connectivity index (χ3v) is 6.21. The van der Waals surface area contributed by atoms with Gasteiger partial charge in [-0.1, -0.05) is 25.0 Å². The van der Waals surface area contributed by atoms with Crippen LogP contribution in [0.4, 0.5) is 5.69 Å². The summed E-state index contributed by atoms with van der Waals surface area (Å²) in [5.41, 5.74) is 1.00. The van der Waals surface area contributed by atoms with Gasteiger partial charge in [0.05, 0.1) is 33.3 Å². The van der Waals surface area contributed by atoms with Gasteiger partial charge in [0.25, 0.3) is 5.91 Å².